The molecule has 0 aliphatic heterocycles. The van der Waals surface area contributed by atoms with Gasteiger partial charge >= 0.3 is 0 Å². The topological polar surface area (TPSA) is 66.9 Å². The molecular formula is C14H14ClFN4O. The van der Waals surface area contributed by atoms with Crippen molar-refractivity contribution in [3.8, 4) is 0 Å². The summed E-state index contributed by atoms with van der Waals surface area (Å²) in [5, 5.41) is 6.20. The molecule has 0 radical (unpaired) electrons. The van der Waals surface area contributed by atoms with Crippen molar-refractivity contribution in [3.05, 3.63) is 53.2 Å². The second-order valence-corrected chi connectivity index (χ2v) is 4.67. The fourth-order valence-corrected chi connectivity index (χ4v) is 1.84. The molecule has 5 nitrogen and oxygen atoms in total. The number of anilines is 1. The number of amides is 1. The van der Waals surface area contributed by atoms with E-state index in [1.165, 1.54) is 30.7 Å². The van der Waals surface area contributed by atoms with Gasteiger partial charge in [0.05, 0.1) is 6.20 Å². The molecule has 0 aliphatic carbocycles. The van der Waals surface area contributed by atoms with E-state index in [1.54, 1.807) is 6.07 Å². The number of benzene rings is 1. The van der Waals surface area contributed by atoms with Gasteiger partial charge < -0.3 is 10.6 Å². The summed E-state index contributed by atoms with van der Waals surface area (Å²) in [5.41, 5.74) is 0.307. The third kappa shape index (κ3) is 4.68. The second-order valence-electron chi connectivity index (χ2n) is 4.27. The highest BCUT2D eigenvalue weighted by atomic mass is 35.5. The summed E-state index contributed by atoms with van der Waals surface area (Å²) in [6.45, 7) is 1.06. The quantitative estimate of drug-likeness (QED) is 0.805. The van der Waals surface area contributed by atoms with E-state index in [2.05, 4.69) is 20.6 Å². The first-order chi connectivity index (χ1) is 10.2. The Kier molecular flexibility index (Phi) is 5.45. The maximum absolute atomic E-state index is 13.0. The van der Waals surface area contributed by atoms with Crippen LogP contribution in [0.1, 0.15) is 16.8 Å². The number of rotatable bonds is 6. The molecule has 0 saturated heterocycles. The Labute approximate surface area is 126 Å². The molecule has 0 bridgehead atoms. The molecule has 1 heterocycles. The third-order valence-electron chi connectivity index (χ3n) is 2.69. The Bertz CT molecular complexity index is 623. The third-order valence-corrected chi connectivity index (χ3v) is 2.96. The highest BCUT2D eigenvalue weighted by molar-refractivity contribution is 6.32. The fraction of sp³-hybridized carbons (Fsp3) is 0.214. The molecule has 7 heteroatoms. The van der Waals surface area contributed by atoms with E-state index in [9.17, 15) is 9.18 Å². The van der Waals surface area contributed by atoms with E-state index >= 15 is 0 Å². The van der Waals surface area contributed by atoms with Gasteiger partial charge in [0, 0.05) is 18.7 Å². The lowest BCUT2D eigenvalue weighted by Gasteiger charge is -2.08. The largest absolute Gasteiger partial charge is 0.369 e. The van der Waals surface area contributed by atoms with Crippen LogP contribution >= 0.6 is 11.6 Å². The molecule has 0 fully saturated rings. The van der Waals surface area contributed by atoms with Gasteiger partial charge in [-0.1, -0.05) is 17.7 Å². The van der Waals surface area contributed by atoms with Gasteiger partial charge in [0.1, 0.15) is 23.0 Å². The molecule has 2 aromatic rings. The second kappa shape index (κ2) is 7.54. The minimum absolute atomic E-state index is 0.297. The molecule has 1 amide bonds. The standard InChI is InChI=1S/C14H14ClFN4O/c15-12-8-17-9-20-13(12)18-5-2-6-19-14(21)10-3-1-4-11(16)7-10/h1,3-4,7-9H,2,5-6H2,(H,19,21)(H,17,18,20). The number of carbonyl (C=O) groups is 1. The maximum Gasteiger partial charge on any atom is 0.251 e. The minimum atomic E-state index is -0.428. The van der Waals surface area contributed by atoms with Crippen LogP contribution in [0.5, 0.6) is 0 Å². The number of nitrogens with zero attached hydrogens (tertiary/aromatic N) is 2. The molecule has 1 aromatic carbocycles. The summed E-state index contributed by atoms with van der Waals surface area (Å²) in [7, 11) is 0. The van der Waals surface area contributed by atoms with E-state index in [0.717, 1.165) is 0 Å². The van der Waals surface area contributed by atoms with E-state index in [0.29, 0.717) is 35.9 Å². The van der Waals surface area contributed by atoms with Crippen molar-refractivity contribution in [3.63, 3.8) is 0 Å². The summed E-state index contributed by atoms with van der Waals surface area (Å²) >= 11 is 5.89. The van der Waals surface area contributed by atoms with Crippen LogP contribution in [0.25, 0.3) is 0 Å². The fourth-order valence-electron chi connectivity index (χ4n) is 1.67. The molecule has 0 aliphatic rings. The summed E-state index contributed by atoms with van der Waals surface area (Å²) in [5.74, 6) is -0.166. The van der Waals surface area contributed by atoms with Gasteiger partial charge in [0.25, 0.3) is 5.91 Å². The van der Waals surface area contributed by atoms with Gasteiger partial charge in [0.15, 0.2) is 0 Å². The van der Waals surface area contributed by atoms with Crippen LogP contribution in [-0.4, -0.2) is 29.0 Å². The van der Waals surface area contributed by atoms with E-state index in [-0.39, 0.29) is 5.91 Å². The highest BCUT2D eigenvalue weighted by Crippen LogP contribution is 2.15. The lowest BCUT2D eigenvalue weighted by molar-refractivity contribution is 0.0953. The van der Waals surface area contributed by atoms with Crippen LogP contribution in [0.4, 0.5) is 10.2 Å². The average molecular weight is 309 g/mol. The van der Waals surface area contributed by atoms with Crippen molar-refractivity contribution < 1.29 is 9.18 Å². The van der Waals surface area contributed by atoms with Crippen molar-refractivity contribution in [2.45, 2.75) is 6.42 Å². The predicted octanol–water partition coefficient (Wildman–Crippen LogP) is 2.50. The van der Waals surface area contributed by atoms with Crippen LogP contribution in [-0.2, 0) is 0 Å². The summed E-state index contributed by atoms with van der Waals surface area (Å²) < 4.78 is 13.0. The number of nitrogens with one attached hydrogen (secondary N) is 2. The van der Waals surface area contributed by atoms with Crippen LogP contribution in [0.2, 0.25) is 5.02 Å². The van der Waals surface area contributed by atoms with Crippen molar-refractivity contribution >= 4 is 23.3 Å². The molecular weight excluding hydrogens is 295 g/mol. The number of carbonyl (C=O) groups excluding carboxylic acids is 1. The zero-order valence-corrected chi connectivity index (χ0v) is 11.9. The van der Waals surface area contributed by atoms with E-state index in [1.807, 2.05) is 0 Å². The molecule has 2 rings (SSSR count). The lowest BCUT2D eigenvalue weighted by atomic mass is 10.2. The Balaban J connectivity index is 1.70. The van der Waals surface area contributed by atoms with Gasteiger partial charge in [-0.15, -0.1) is 0 Å². The van der Waals surface area contributed by atoms with Crippen LogP contribution in [0.3, 0.4) is 0 Å². The van der Waals surface area contributed by atoms with Gasteiger partial charge in [-0.25, -0.2) is 14.4 Å². The average Bonchev–Trinajstić information content (AvgIpc) is 2.48. The lowest BCUT2D eigenvalue weighted by Crippen LogP contribution is -2.26. The normalized spacial score (nSPS) is 10.2. The molecule has 110 valence electrons. The molecule has 0 saturated carbocycles. The van der Waals surface area contributed by atoms with Gasteiger partial charge in [-0.3, -0.25) is 4.79 Å². The first kappa shape index (κ1) is 15.2. The number of hydrogen-bond donors (Lipinski definition) is 2. The first-order valence-corrected chi connectivity index (χ1v) is 6.78. The van der Waals surface area contributed by atoms with Crippen LogP contribution in [0, 0.1) is 5.82 Å². The molecule has 2 N–H and O–H groups in total. The monoisotopic (exact) mass is 308 g/mol. The zero-order valence-electron chi connectivity index (χ0n) is 11.1. The molecule has 0 spiro atoms. The van der Waals surface area contributed by atoms with Crippen molar-refractivity contribution in [1.82, 2.24) is 15.3 Å². The van der Waals surface area contributed by atoms with Gasteiger partial charge in [-0.05, 0) is 24.6 Å². The Morgan fingerprint density at radius 3 is 2.95 bits per heavy atom. The molecule has 21 heavy (non-hydrogen) atoms. The Morgan fingerprint density at radius 1 is 1.33 bits per heavy atom. The smallest absolute Gasteiger partial charge is 0.251 e. The number of aromatic nitrogens is 2. The van der Waals surface area contributed by atoms with Crippen LogP contribution in [0.15, 0.2) is 36.8 Å². The first-order valence-electron chi connectivity index (χ1n) is 6.40. The van der Waals surface area contributed by atoms with Crippen molar-refractivity contribution in [1.29, 1.82) is 0 Å². The molecule has 0 unspecified atom stereocenters. The van der Waals surface area contributed by atoms with Crippen molar-refractivity contribution in [2.75, 3.05) is 18.4 Å². The predicted molar refractivity (Wildman–Crippen MR) is 78.9 cm³/mol. The number of hydrogen-bond acceptors (Lipinski definition) is 4. The zero-order chi connectivity index (χ0) is 15.1. The molecule has 1 aromatic heterocycles. The maximum atomic E-state index is 13.0. The summed E-state index contributed by atoms with van der Waals surface area (Å²) in [4.78, 5) is 19.5. The van der Waals surface area contributed by atoms with E-state index in [4.69, 9.17) is 11.6 Å². The van der Waals surface area contributed by atoms with Gasteiger partial charge in [0.2, 0.25) is 0 Å². The summed E-state index contributed by atoms with van der Waals surface area (Å²) in [6, 6.07) is 5.57. The SMILES string of the molecule is O=C(NCCCNc1ncncc1Cl)c1cccc(F)c1. The summed E-state index contributed by atoms with van der Waals surface area (Å²) in [6.07, 6.45) is 3.59. The highest BCUT2D eigenvalue weighted by Gasteiger charge is 2.05. The van der Waals surface area contributed by atoms with Crippen LogP contribution < -0.4 is 10.6 Å². The number of halogens is 2. The van der Waals surface area contributed by atoms with E-state index < -0.39 is 5.82 Å². The van der Waals surface area contributed by atoms with Crippen molar-refractivity contribution in [2.24, 2.45) is 0 Å². The Hall–Kier alpha value is -2.21. The Morgan fingerprint density at radius 2 is 2.19 bits per heavy atom. The van der Waals surface area contributed by atoms with Gasteiger partial charge in [-0.2, -0.15) is 0 Å². The minimum Gasteiger partial charge on any atom is -0.369 e. The molecule has 0 atom stereocenters.